The lowest BCUT2D eigenvalue weighted by Crippen LogP contribution is -2.42. The monoisotopic (exact) mass is 381 g/mol. The molecule has 3 rings (SSSR count). The van der Waals surface area contributed by atoms with Gasteiger partial charge in [0.15, 0.2) is 12.2 Å². The lowest BCUT2D eigenvalue weighted by atomic mass is 10.0. The molecule has 1 aliphatic heterocycles. The molecule has 1 heterocycles. The normalized spacial score (nSPS) is 24.8. The Balaban J connectivity index is 1.74. The molecule has 0 saturated carbocycles. The number of nitriles is 1. The lowest BCUT2D eigenvalue weighted by molar-refractivity contribution is -0.0689. The van der Waals surface area contributed by atoms with Gasteiger partial charge < -0.3 is 19.3 Å². The second-order valence-corrected chi connectivity index (χ2v) is 6.35. The van der Waals surface area contributed by atoms with Gasteiger partial charge >= 0.3 is 11.9 Å². The van der Waals surface area contributed by atoms with Crippen LogP contribution in [0.25, 0.3) is 0 Å². The van der Waals surface area contributed by atoms with Gasteiger partial charge in [-0.1, -0.05) is 36.4 Å². The zero-order chi connectivity index (χ0) is 20.1. The first kappa shape index (κ1) is 19.5. The van der Waals surface area contributed by atoms with Crippen LogP contribution < -0.4 is 0 Å². The van der Waals surface area contributed by atoms with Gasteiger partial charge in [-0.05, 0) is 31.2 Å². The molecule has 0 spiro atoms. The minimum atomic E-state index is -1.36. The average molecular weight is 381 g/mol. The molecule has 1 unspecified atom stereocenters. The summed E-state index contributed by atoms with van der Waals surface area (Å²) in [4.78, 5) is 24.7. The van der Waals surface area contributed by atoms with Crippen molar-refractivity contribution in [1.82, 2.24) is 0 Å². The number of rotatable bonds is 5. The zero-order valence-electron chi connectivity index (χ0n) is 15.1. The third-order valence-corrected chi connectivity index (χ3v) is 4.42. The Morgan fingerprint density at radius 3 is 2.11 bits per heavy atom. The number of hydrogen-bond acceptors (Lipinski definition) is 7. The Hall–Kier alpha value is -3.21. The van der Waals surface area contributed by atoms with E-state index < -0.39 is 42.5 Å². The van der Waals surface area contributed by atoms with Gasteiger partial charge in [-0.25, -0.2) is 9.59 Å². The van der Waals surface area contributed by atoms with Crippen molar-refractivity contribution in [3.8, 4) is 6.07 Å². The van der Waals surface area contributed by atoms with Crippen molar-refractivity contribution in [2.75, 3.05) is 0 Å². The fraction of sp³-hybridized carbons (Fsp3) is 0.286. The highest BCUT2D eigenvalue weighted by molar-refractivity contribution is 5.90. The van der Waals surface area contributed by atoms with Crippen molar-refractivity contribution in [3.05, 3.63) is 71.8 Å². The highest BCUT2D eigenvalue weighted by atomic mass is 16.6. The van der Waals surface area contributed by atoms with Crippen LogP contribution in [0.3, 0.4) is 0 Å². The summed E-state index contributed by atoms with van der Waals surface area (Å²) in [6.07, 6.45) is -5.57. The quantitative estimate of drug-likeness (QED) is 0.791. The molecule has 0 bridgehead atoms. The smallest absolute Gasteiger partial charge is 0.338 e. The highest BCUT2D eigenvalue weighted by Gasteiger charge is 2.50. The topological polar surface area (TPSA) is 106 Å². The van der Waals surface area contributed by atoms with E-state index in [4.69, 9.17) is 14.2 Å². The Morgan fingerprint density at radius 2 is 1.57 bits per heavy atom. The molecule has 28 heavy (non-hydrogen) atoms. The molecular weight excluding hydrogens is 362 g/mol. The van der Waals surface area contributed by atoms with Gasteiger partial charge in [0.05, 0.1) is 17.2 Å². The largest absolute Gasteiger partial charge is 0.456 e. The molecule has 0 aliphatic carbocycles. The van der Waals surface area contributed by atoms with Gasteiger partial charge in [-0.15, -0.1) is 0 Å². The first-order chi connectivity index (χ1) is 13.5. The SMILES string of the molecule is C[C@@H](OC(=O)c1ccccc1)[C@H]1OC(C#N)[C@H](O)[C@@H]1OC(=O)c1ccccc1. The predicted octanol–water partition coefficient (Wildman–Crippen LogP) is 2.11. The predicted molar refractivity (Wildman–Crippen MR) is 97.2 cm³/mol. The maximum atomic E-state index is 12.4. The molecule has 144 valence electrons. The van der Waals surface area contributed by atoms with Crippen LogP contribution in [0.5, 0.6) is 0 Å². The molecule has 1 saturated heterocycles. The van der Waals surface area contributed by atoms with Crippen LogP contribution in [0, 0.1) is 11.3 Å². The standard InChI is InChI=1S/C21H19NO6/c1-13(26-20(24)14-8-4-2-5-9-14)18-19(17(23)16(12-22)27-18)28-21(25)15-10-6-3-7-11-15/h2-11,13,16-19,23H,1H3/t13-,16?,17+,18-,19+/m1/s1. The van der Waals surface area contributed by atoms with Crippen LogP contribution in [-0.2, 0) is 14.2 Å². The fourth-order valence-corrected chi connectivity index (χ4v) is 2.96. The summed E-state index contributed by atoms with van der Waals surface area (Å²) in [6, 6.07) is 18.5. The highest BCUT2D eigenvalue weighted by Crippen LogP contribution is 2.28. The lowest BCUT2D eigenvalue weighted by Gasteiger charge is -2.25. The van der Waals surface area contributed by atoms with Crippen LogP contribution in [0.2, 0.25) is 0 Å². The molecule has 1 fully saturated rings. The second-order valence-electron chi connectivity index (χ2n) is 6.35. The summed E-state index contributed by atoms with van der Waals surface area (Å²) >= 11 is 0. The number of nitrogens with zero attached hydrogens (tertiary/aromatic N) is 1. The van der Waals surface area contributed by atoms with Gasteiger partial charge in [0, 0.05) is 0 Å². The summed E-state index contributed by atoms with van der Waals surface area (Å²) in [5.74, 6) is -1.25. The van der Waals surface area contributed by atoms with E-state index in [2.05, 4.69) is 0 Å². The van der Waals surface area contributed by atoms with E-state index >= 15 is 0 Å². The summed E-state index contributed by atoms with van der Waals surface area (Å²) in [5, 5.41) is 19.5. The molecule has 0 aromatic heterocycles. The van der Waals surface area contributed by atoms with Gasteiger partial charge in [0.1, 0.15) is 18.3 Å². The van der Waals surface area contributed by atoms with E-state index in [9.17, 15) is 20.0 Å². The molecular formula is C21H19NO6. The summed E-state index contributed by atoms with van der Waals surface area (Å²) < 4.78 is 16.3. The van der Waals surface area contributed by atoms with Gasteiger partial charge in [0.25, 0.3) is 0 Å². The van der Waals surface area contributed by atoms with Crippen molar-refractivity contribution in [1.29, 1.82) is 5.26 Å². The van der Waals surface area contributed by atoms with Gasteiger partial charge in [-0.2, -0.15) is 5.26 Å². The Kier molecular flexibility index (Phi) is 6.04. The number of carbonyl (C=O) groups is 2. The van der Waals surface area contributed by atoms with Gasteiger partial charge in [-0.3, -0.25) is 0 Å². The maximum Gasteiger partial charge on any atom is 0.338 e. The molecule has 0 radical (unpaired) electrons. The molecule has 1 aliphatic rings. The summed E-state index contributed by atoms with van der Waals surface area (Å²) in [6.45, 7) is 1.56. The summed E-state index contributed by atoms with van der Waals surface area (Å²) in [5.41, 5.74) is 0.644. The molecule has 0 amide bonds. The third kappa shape index (κ3) is 4.19. The number of esters is 2. The summed E-state index contributed by atoms with van der Waals surface area (Å²) in [7, 11) is 0. The fourth-order valence-electron chi connectivity index (χ4n) is 2.96. The Morgan fingerprint density at radius 1 is 1.04 bits per heavy atom. The van der Waals surface area contributed by atoms with Crippen LogP contribution in [0.15, 0.2) is 60.7 Å². The van der Waals surface area contributed by atoms with Crippen molar-refractivity contribution < 1.29 is 28.9 Å². The number of aliphatic hydroxyl groups is 1. The number of hydrogen-bond donors (Lipinski definition) is 1. The molecule has 2 aromatic carbocycles. The van der Waals surface area contributed by atoms with Crippen molar-refractivity contribution >= 4 is 11.9 Å². The first-order valence-corrected chi connectivity index (χ1v) is 8.76. The van der Waals surface area contributed by atoms with Crippen LogP contribution in [0.1, 0.15) is 27.6 Å². The molecule has 2 aromatic rings. The number of carbonyl (C=O) groups excluding carboxylic acids is 2. The van der Waals surface area contributed by atoms with Crippen LogP contribution in [0.4, 0.5) is 0 Å². The average Bonchev–Trinajstić information content (AvgIpc) is 3.05. The Bertz CT molecular complexity index is 863. The van der Waals surface area contributed by atoms with Gasteiger partial charge in [0.2, 0.25) is 0 Å². The molecule has 1 N–H and O–H groups in total. The van der Waals surface area contributed by atoms with Crippen molar-refractivity contribution in [3.63, 3.8) is 0 Å². The van der Waals surface area contributed by atoms with Crippen LogP contribution >= 0.6 is 0 Å². The zero-order valence-corrected chi connectivity index (χ0v) is 15.1. The van der Waals surface area contributed by atoms with E-state index in [0.29, 0.717) is 11.1 Å². The van der Waals surface area contributed by atoms with Crippen molar-refractivity contribution in [2.45, 2.75) is 37.4 Å². The number of benzene rings is 2. The number of aliphatic hydroxyl groups excluding tert-OH is 1. The van der Waals surface area contributed by atoms with E-state index in [1.54, 1.807) is 67.6 Å². The van der Waals surface area contributed by atoms with E-state index in [1.807, 2.05) is 6.07 Å². The second kappa shape index (κ2) is 8.65. The van der Waals surface area contributed by atoms with E-state index in [0.717, 1.165) is 0 Å². The van der Waals surface area contributed by atoms with Crippen molar-refractivity contribution in [2.24, 2.45) is 0 Å². The molecule has 7 heteroatoms. The molecule has 7 nitrogen and oxygen atoms in total. The third-order valence-electron chi connectivity index (χ3n) is 4.42. The number of ether oxygens (including phenoxy) is 3. The maximum absolute atomic E-state index is 12.4. The minimum absolute atomic E-state index is 0.294. The Labute approximate surface area is 162 Å². The minimum Gasteiger partial charge on any atom is -0.456 e. The van der Waals surface area contributed by atoms with Crippen LogP contribution in [-0.4, -0.2) is 47.6 Å². The first-order valence-electron chi connectivity index (χ1n) is 8.76. The van der Waals surface area contributed by atoms with E-state index in [-0.39, 0.29) is 0 Å². The van der Waals surface area contributed by atoms with E-state index in [1.165, 1.54) is 0 Å². The molecule has 5 atom stereocenters.